The van der Waals surface area contributed by atoms with Gasteiger partial charge in [-0.3, -0.25) is 4.79 Å². The third kappa shape index (κ3) is 2.14. The third-order valence-electron chi connectivity index (χ3n) is 1.42. The van der Waals surface area contributed by atoms with Crippen LogP contribution in [-0.2, 0) is 4.84 Å². The maximum absolute atomic E-state index is 10.5. The fourth-order valence-corrected chi connectivity index (χ4v) is 1.26. The van der Waals surface area contributed by atoms with Crippen LogP contribution in [-0.4, -0.2) is 13.4 Å². The van der Waals surface area contributed by atoms with Crippen LogP contribution in [0, 0.1) is 0 Å². The number of aldehydes is 1. The molecule has 0 bridgehead atoms. The van der Waals surface area contributed by atoms with Crippen molar-refractivity contribution in [2.24, 2.45) is 0 Å². The molecule has 0 atom stereocenters. The zero-order valence-electron chi connectivity index (χ0n) is 6.58. The van der Waals surface area contributed by atoms with Crippen molar-refractivity contribution < 1.29 is 15.1 Å². The largest absolute Gasteiger partial charge is 0.298 e. The van der Waals surface area contributed by atoms with Crippen LogP contribution < -0.4 is 5.48 Å². The monoisotopic (exact) mass is 230 g/mol. The lowest BCUT2D eigenvalue weighted by Gasteiger charge is -1.99. The summed E-state index contributed by atoms with van der Waals surface area (Å²) in [5.74, 6) is 0. The topological polar surface area (TPSA) is 42.9 Å². The number of quaternary nitrogens is 1. The highest BCUT2D eigenvalue weighted by Gasteiger charge is 2.05. The highest BCUT2D eigenvalue weighted by atomic mass is 79.9. The van der Waals surface area contributed by atoms with Crippen molar-refractivity contribution in [3.8, 4) is 0 Å². The number of benzene rings is 1. The highest BCUT2D eigenvalue weighted by molar-refractivity contribution is 9.10. The standard InChI is InChI=1S/C8H8BrNO2/c1-12-10-8-4-7(9)3-2-6(8)5-11/h2-5,10H,1H3/p+1. The van der Waals surface area contributed by atoms with Gasteiger partial charge in [-0.2, -0.15) is 5.48 Å². The van der Waals surface area contributed by atoms with Crippen LogP contribution in [0.5, 0.6) is 0 Å². The van der Waals surface area contributed by atoms with Gasteiger partial charge in [0.2, 0.25) is 0 Å². The molecule has 0 radical (unpaired) electrons. The van der Waals surface area contributed by atoms with Gasteiger partial charge in [0.15, 0.2) is 12.0 Å². The minimum atomic E-state index is 0.625. The molecule has 1 rings (SSSR count). The zero-order chi connectivity index (χ0) is 8.97. The normalized spacial score (nSPS) is 9.83. The van der Waals surface area contributed by atoms with Gasteiger partial charge in [-0.05, 0) is 12.1 Å². The Bertz CT molecular complexity index is 288. The molecule has 0 aliphatic heterocycles. The summed E-state index contributed by atoms with van der Waals surface area (Å²) in [7, 11) is 1.55. The van der Waals surface area contributed by atoms with Crippen molar-refractivity contribution in [2.45, 2.75) is 0 Å². The van der Waals surface area contributed by atoms with Crippen molar-refractivity contribution in [3.05, 3.63) is 28.2 Å². The van der Waals surface area contributed by atoms with Crippen molar-refractivity contribution in [1.82, 2.24) is 0 Å². The van der Waals surface area contributed by atoms with Crippen molar-refractivity contribution in [2.75, 3.05) is 7.11 Å². The molecule has 0 spiro atoms. The minimum Gasteiger partial charge on any atom is -0.298 e. The Labute approximate surface area is 78.8 Å². The van der Waals surface area contributed by atoms with Gasteiger partial charge in [-0.1, -0.05) is 15.9 Å². The van der Waals surface area contributed by atoms with Crippen LogP contribution in [0.4, 0.5) is 5.69 Å². The number of hydrogen-bond acceptors (Lipinski definition) is 2. The Hall–Kier alpha value is -0.710. The number of carbonyl (C=O) groups excluding carboxylic acids is 1. The lowest BCUT2D eigenvalue weighted by molar-refractivity contribution is -0.830. The molecule has 1 aromatic rings. The number of halogens is 1. The van der Waals surface area contributed by atoms with Gasteiger partial charge < -0.3 is 0 Å². The second-order valence-electron chi connectivity index (χ2n) is 2.24. The molecule has 2 N–H and O–H groups in total. The van der Waals surface area contributed by atoms with Crippen molar-refractivity contribution in [3.63, 3.8) is 0 Å². The molecule has 4 heteroatoms. The maximum atomic E-state index is 10.5. The van der Waals surface area contributed by atoms with Crippen molar-refractivity contribution in [1.29, 1.82) is 0 Å². The smallest absolute Gasteiger partial charge is 0.173 e. The Kier molecular flexibility index (Phi) is 3.40. The van der Waals surface area contributed by atoms with E-state index in [9.17, 15) is 4.79 Å². The Morgan fingerprint density at radius 2 is 2.33 bits per heavy atom. The molecule has 0 aromatic heterocycles. The van der Waals surface area contributed by atoms with Crippen LogP contribution in [0.1, 0.15) is 10.4 Å². The molecule has 64 valence electrons. The van der Waals surface area contributed by atoms with Gasteiger partial charge in [0.05, 0.1) is 12.7 Å². The van der Waals surface area contributed by atoms with E-state index in [0.717, 1.165) is 16.4 Å². The molecule has 0 fully saturated rings. The number of hydrogen-bond donors (Lipinski definition) is 1. The summed E-state index contributed by atoms with van der Waals surface area (Å²) in [4.78, 5) is 15.3. The fourth-order valence-electron chi connectivity index (χ4n) is 0.882. The molecular weight excluding hydrogens is 222 g/mol. The third-order valence-corrected chi connectivity index (χ3v) is 1.91. The summed E-state index contributed by atoms with van der Waals surface area (Å²) < 4.78 is 0.927. The summed E-state index contributed by atoms with van der Waals surface area (Å²) in [6, 6.07) is 5.38. The van der Waals surface area contributed by atoms with E-state index in [1.165, 1.54) is 5.48 Å². The molecule has 0 aliphatic carbocycles. The first-order valence-electron chi connectivity index (χ1n) is 3.38. The molecule has 0 saturated carbocycles. The SMILES string of the molecule is CO[NH2+]c1cc(Br)ccc1C=O. The quantitative estimate of drug-likeness (QED) is 0.479. The van der Waals surface area contributed by atoms with E-state index >= 15 is 0 Å². The summed E-state index contributed by atoms with van der Waals surface area (Å²) in [6.07, 6.45) is 0.803. The van der Waals surface area contributed by atoms with Crippen molar-refractivity contribution >= 4 is 27.9 Å². The lowest BCUT2D eigenvalue weighted by Crippen LogP contribution is -2.76. The van der Waals surface area contributed by atoms with Gasteiger partial charge in [-0.25, -0.2) is 4.84 Å². The number of nitrogens with two attached hydrogens (primary N) is 1. The molecule has 0 saturated heterocycles. The van der Waals surface area contributed by atoms with Crippen LogP contribution in [0.15, 0.2) is 22.7 Å². The second kappa shape index (κ2) is 4.35. The Morgan fingerprint density at radius 3 is 2.92 bits per heavy atom. The predicted molar refractivity (Wildman–Crippen MR) is 48.1 cm³/mol. The van der Waals surface area contributed by atoms with E-state index in [-0.39, 0.29) is 0 Å². The number of rotatable bonds is 3. The molecule has 12 heavy (non-hydrogen) atoms. The van der Waals surface area contributed by atoms with Crippen LogP contribution >= 0.6 is 15.9 Å². The zero-order valence-corrected chi connectivity index (χ0v) is 8.17. The van der Waals surface area contributed by atoms with Gasteiger partial charge in [-0.15, -0.1) is 0 Å². The fraction of sp³-hybridized carbons (Fsp3) is 0.125. The molecule has 0 amide bonds. The first-order chi connectivity index (χ1) is 5.77. The summed E-state index contributed by atoms with van der Waals surface area (Å²) in [5.41, 5.74) is 2.94. The molecule has 0 heterocycles. The summed E-state index contributed by atoms with van der Waals surface area (Å²) in [5, 5.41) is 0. The average molecular weight is 231 g/mol. The van der Waals surface area contributed by atoms with Crippen LogP contribution in [0.25, 0.3) is 0 Å². The van der Waals surface area contributed by atoms with Crippen LogP contribution in [0.2, 0.25) is 0 Å². The first kappa shape index (κ1) is 9.38. The lowest BCUT2D eigenvalue weighted by atomic mass is 10.2. The predicted octanol–water partition coefficient (Wildman–Crippen LogP) is 1.02. The summed E-state index contributed by atoms with van der Waals surface area (Å²) in [6.45, 7) is 0. The second-order valence-corrected chi connectivity index (χ2v) is 3.16. The molecule has 0 unspecified atom stereocenters. The maximum Gasteiger partial charge on any atom is 0.173 e. The minimum absolute atomic E-state index is 0.625. The van der Waals surface area contributed by atoms with E-state index in [2.05, 4.69) is 15.9 Å². The van der Waals surface area contributed by atoms with E-state index in [0.29, 0.717) is 5.56 Å². The highest BCUT2D eigenvalue weighted by Crippen LogP contribution is 2.15. The summed E-state index contributed by atoms with van der Waals surface area (Å²) >= 11 is 3.30. The number of carbonyl (C=O) groups is 1. The molecule has 3 nitrogen and oxygen atoms in total. The Balaban J connectivity index is 3.03. The average Bonchev–Trinajstić information content (AvgIpc) is 2.05. The van der Waals surface area contributed by atoms with Crippen LogP contribution in [0.3, 0.4) is 0 Å². The van der Waals surface area contributed by atoms with Gasteiger partial charge >= 0.3 is 0 Å². The first-order valence-corrected chi connectivity index (χ1v) is 4.18. The van der Waals surface area contributed by atoms with E-state index < -0.39 is 0 Å². The van der Waals surface area contributed by atoms with Gasteiger partial charge in [0.1, 0.15) is 0 Å². The van der Waals surface area contributed by atoms with E-state index in [1.54, 1.807) is 13.2 Å². The van der Waals surface area contributed by atoms with E-state index in [4.69, 9.17) is 4.84 Å². The van der Waals surface area contributed by atoms with E-state index in [1.807, 2.05) is 12.1 Å². The Morgan fingerprint density at radius 1 is 1.58 bits per heavy atom. The molecule has 1 aromatic carbocycles. The molecular formula is C8H9BrNO2+. The van der Waals surface area contributed by atoms with Gasteiger partial charge in [0, 0.05) is 10.5 Å². The van der Waals surface area contributed by atoms with Gasteiger partial charge in [0.25, 0.3) is 0 Å². The molecule has 0 aliphatic rings.